The number of ether oxygens (including phenoxy) is 1. The van der Waals surface area contributed by atoms with E-state index in [0.717, 1.165) is 18.5 Å². The van der Waals surface area contributed by atoms with Gasteiger partial charge >= 0.3 is 0 Å². The van der Waals surface area contributed by atoms with Crippen molar-refractivity contribution in [3.8, 4) is 5.88 Å². The zero-order valence-electron chi connectivity index (χ0n) is 16.3. The fraction of sp³-hybridized carbons (Fsp3) is 0.400. The van der Waals surface area contributed by atoms with E-state index < -0.39 is 12.3 Å². The van der Waals surface area contributed by atoms with Gasteiger partial charge in [-0.1, -0.05) is 6.58 Å². The van der Waals surface area contributed by atoms with Crippen molar-refractivity contribution in [2.24, 2.45) is 0 Å². The number of aromatic nitrogens is 5. The SMILES string of the molecule is C=CC(=O)N1CC[C@@H](F)[C@@H](Oc2nc(Nc3cnn(C4CC4)c3)nc3[nH]ccc23)C1. The Morgan fingerprint density at radius 3 is 3.03 bits per heavy atom. The van der Waals surface area contributed by atoms with Crippen LogP contribution in [0.2, 0.25) is 0 Å². The smallest absolute Gasteiger partial charge is 0.246 e. The Kier molecular flexibility index (Phi) is 4.61. The van der Waals surface area contributed by atoms with Crippen molar-refractivity contribution in [2.45, 2.75) is 37.6 Å². The molecule has 2 aliphatic rings. The van der Waals surface area contributed by atoms with Gasteiger partial charge in [-0.3, -0.25) is 9.48 Å². The van der Waals surface area contributed by atoms with E-state index in [1.807, 2.05) is 10.9 Å². The molecule has 4 heterocycles. The first-order valence-corrected chi connectivity index (χ1v) is 9.99. The lowest BCUT2D eigenvalue weighted by Crippen LogP contribution is -2.49. The highest BCUT2D eigenvalue weighted by molar-refractivity contribution is 5.87. The van der Waals surface area contributed by atoms with Crippen molar-refractivity contribution in [2.75, 3.05) is 18.4 Å². The average Bonchev–Trinajstić information content (AvgIpc) is 3.30. The molecule has 0 unspecified atom stereocenters. The molecule has 0 radical (unpaired) electrons. The van der Waals surface area contributed by atoms with Gasteiger partial charge in [-0.05, 0) is 31.4 Å². The lowest BCUT2D eigenvalue weighted by Gasteiger charge is -2.34. The topological polar surface area (TPSA) is 101 Å². The standard InChI is InChI=1S/C20H22FN7O2/c1-2-17(29)27-8-6-15(21)16(11-27)30-19-14-5-7-22-18(14)25-20(26-19)24-12-9-23-28(10-12)13-3-4-13/h2,5,7,9-10,13,15-16H,1,3-4,6,8,11H2,(H2,22,24,25,26)/t15-,16+/m1/s1. The number of fused-ring (bicyclic) bond motifs is 1. The van der Waals surface area contributed by atoms with E-state index in [1.54, 1.807) is 18.5 Å². The van der Waals surface area contributed by atoms with Crippen LogP contribution >= 0.6 is 0 Å². The maximum atomic E-state index is 14.6. The third-order valence-electron chi connectivity index (χ3n) is 5.39. The molecular formula is C20H22FN7O2. The van der Waals surface area contributed by atoms with Crippen molar-refractivity contribution in [3.63, 3.8) is 0 Å². The number of alkyl halides is 1. The highest BCUT2D eigenvalue weighted by Gasteiger charge is 2.33. The number of aromatic amines is 1. The molecule has 1 saturated carbocycles. The lowest BCUT2D eigenvalue weighted by molar-refractivity contribution is -0.130. The molecule has 9 nitrogen and oxygen atoms in total. The summed E-state index contributed by atoms with van der Waals surface area (Å²) >= 11 is 0. The summed E-state index contributed by atoms with van der Waals surface area (Å²) in [6.45, 7) is 3.98. The second kappa shape index (κ2) is 7.43. The summed E-state index contributed by atoms with van der Waals surface area (Å²) in [5.41, 5.74) is 1.34. The van der Waals surface area contributed by atoms with Gasteiger partial charge in [-0.2, -0.15) is 15.1 Å². The quantitative estimate of drug-likeness (QED) is 0.605. The van der Waals surface area contributed by atoms with Crippen molar-refractivity contribution >= 4 is 28.6 Å². The number of amides is 1. The molecule has 30 heavy (non-hydrogen) atoms. The van der Waals surface area contributed by atoms with Crippen molar-refractivity contribution in [3.05, 3.63) is 37.3 Å². The first-order chi connectivity index (χ1) is 14.6. The molecule has 2 N–H and O–H groups in total. The van der Waals surface area contributed by atoms with Gasteiger partial charge in [0.1, 0.15) is 17.9 Å². The van der Waals surface area contributed by atoms with Crippen LogP contribution in [0.4, 0.5) is 16.0 Å². The van der Waals surface area contributed by atoms with Crippen LogP contribution in [0.3, 0.4) is 0 Å². The Hall–Kier alpha value is -3.43. The number of hydrogen-bond donors (Lipinski definition) is 2. The molecule has 2 fully saturated rings. The average molecular weight is 411 g/mol. The normalized spacial score (nSPS) is 21.6. The van der Waals surface area contributed by atoms with Crippen molar-refractivity contribution in [1.82, 2.24) is 29.6 Å². The molecule has 2 atom stereocenters. The van der Waals surface area contributed by atoms with Gasteiger partial charge in [0.15, 0.2) is 0 Å². The van der Waals surface area contributed by atoms with E-state index in [-0.39, 0.29) is 24.8 Å². The largest absolute Gasteiger partial charge is 0.469 e. The van der Waals surface area contributed by atoms with Crippen LogP contribution in [0, 0.1) is 0 Å². The number of likely N-dealkylation sites (tertiary alicyclic amines) is 1. The summed E-state index contributed by atoms with van der Waals surface area (Å²) in [7, 11) is 0. The summed E-state index contributed by atoms with van der Waals surface area (Å²) in [6, 6.07) is 2.25. The summed E-state index contributed by atoms with van der Waals surface area (Å²) in [5.74, 6) is 0.347. The number of halogens is 1. The number of carbonyl (C=O) groups is 1. The Labute approximate surface area is 171 Å². The molecule has 0 bridgehead atoms. The summed E-state index contributed by atoms with van der Waals surface area (Å²) in [5, 5.41) is 8.13. The van der Waals surface area contributed by atoms with E-state index in [2.05, 4.69) is 31.9 Å². The number of anilines is 2. The Morgan fingerprint density at radius 1 is 1.37 bits per heavy atom. The van der Waals surface area contributed by atoms with Crippen LogP contribution in [0.1, 0.15) is 25.3 Å². The fourth-order valence-corrected chi connectivity index (χ4v) is 3.60. The van der Waals surface area contributed by atoms with E-state index in [1.165, 1.54) is 11.0 Å². The molecule has 5 rings (SSSR count). The number of nitrogens with one attached hydrogen (secondary N) is 2. The predicted molar refractivity (Wildman–Crippen MR) is 108 cm³/mol. The minimum Gasteiger partial charge on any atom is -0.469 e. The number of rotatable bonds is 6. The molecule has 0 spiro atoms. The molecule has 1 aliphatic carbocycles. The molecule has 1 aliphatic heterocycles. The van der Waals surface area contributed by atoms with Crippen molar-refractivity contribution in [1.29, 1.82) is 0 Å². The minimum absolute atomic E-state index is 0.138. The molecule has 0 aromatic carbocycles. The number of piperidine rings is 1. The highest BCUT2D eigenvalue weighted by atomic mass is 19.1. The Bertz CT molecular complexity index is 1090. The second-order valence-electron chi connectivity index (χ2n) is 7.61. The fourth-order valence-electron chi connectivity index (χ4n) is 3.60. The van der Waals surface area contributed by atoms with Gasteiger partial charge in [0.05, 0.1) is 29.9 Å². The van der Waals surface area contributed by atoms with Gasteiger partial charge < -0.3 is 19.9 Å². The van der Waals surface area contributed by atoms with Gasteiger partial charge in [0, 0.05) is 18.9 Å². The first kappa shape index (κ1) is 18.6. The third-order valence-corrected chi connectivity index (χ3v) is 5.39. The van der Waals surface area contributed by atoms with Crippen LogP contribution in [-0.4, -0.2) is 60.9 Å². The number of carbonyl (C=O) groups excluding carboxylic acids is 1. The van der Waals surface area contributed by atoms with E-state index in [9.17, 15) is 9.18 Å². The first-order valence-electron chi connectivity index (χ1n) is 9.99. The van der Waals surface area contributed by atoms with Crippen LogP contribution in [0.25, 0.3) is 11.0 Å². The summed E-state index contributed by atoms with van der Waals surface area (Å²) < 4.78 is 22.5. The number of H-pyrrole nitrogens is 1. The predicted octanol–water partition coefficient (Wildman–Crippen LogP) is 2.74. The third kappa shape index (κ3) is 3.60. The maximum Gasteiger partial charge on any atom is 0.246 e. The molecule has 1 amide bonds. The van der Waals surface area contributed by atoms with Gasteiger partial charge in [0.2, 0.25) is 17.7 Å². The number of hydrogen-bond acceptors (Lipinski definition) is 6. The Morgan fingerprint density at radius 2 is 2.23 bits per heavy atom. The van der Waals surface area contributed by atoms with Crippen molar-refractivity contribution < 1.29 is 13.9 Å². The molecule has 1 saturated heterocycles. The number of nitrogens with zero attached hydrogens (tertiary/aromatic N) is 5. The molecule has 3 aromatic rings. The van der Waals surface area contributed by atoms with Crippen LogP contribution in [-0.2, 0) is 4.79 Å². The van der Waals surface area contributed by atoms with Gasteiger partial charge in [0.25, 0.3) is 0 Å². The highest BCUT2D eigenvalue weighted by Crippen LogP contribution is 2.35. The molecule has 156 valence electrons. The van der Waals surface area contributed by atoms with E-state index >= 15 is 0 Å². The summed E-state index contributed by atoms with van der Waals surface area (Å²) in [4.78, 5) is 25.4. The van der Waals surface area contributed by atoms with Crippen LogP contribution < -0.4 is 10.1 Å². The molecule has 10 heteroatoms. The van der Waals surface area contributed by atoms with Crippen LogP contribution in [0.5, 0.6) is 5.88 Å². The van der Waals surface area contributed by atoms with E-state index in [0.29, 0.717) is 29.6 Å². The van der Waals surface area contributed by atoms with E-state index in [4.69, 9.17) is 4.74 Å². The maximum absolute atomic E-state index is 14.6. The molecular weight excluding hydrogens is 389 g/mol. The monoisotopic (exact) mass is 411 g/mol. The second-order valence-corrected chi connectivity index (χ2v) is 7.61. The minimum atomic E-state index is -1.20. The zero-order chi connectivity index (χ0) is 20.7. The lowest BCUT2D eigenvalue weighted by atomic mass is 10.1. The van der Waals surface area contributed by atoms with Gasteiger partial charge in [-0.15, -0.1) is 0 Å². The Balaban J connectivity index is 1.39. The summed E-state index contributed by atoms with van der Waals surface area (Å²) in [6.07, 6.45) is 7.06. The van der Waals surface area contributed by atoms with Gasteiger partial charge in [-0.25, -0.2) is 4.39 Å². The van der Waals surface area contributed by atoms with Crippen LogP contribution in [0.15, 0.2) is 37.3 Å². The zero-order valence-corrected chi connectivity index (χ0v) is 16.3. The molecule has 3 aromatic heterocycles.